The van der Waals surface area contributed by atoms with E-state index in [0.29, 0.717) is 0 Å². The molecule has 186 valence electrons. The second kappa shape index (κ2) is 8.58. The predicted molar refractivity (Wildman–Crippen MR) is 103 cm³/mol. The van der Waals surface area contributed by atoms with Crippen molar-refractivity contribution in [2.45, 2.75) is 17.9 Å². The first-order valence-corrected chi connectivity index (χ1v) is 13.0. The van der Waals surface area contributed by atoms with E-state index in [1.807, 2.05) is 0 Å². The van der Waals surface area contributed by atoms with Gasteiger partial charge in [-0.05, 0) is 0 Å². The summed E-state index contributed by atoms with van der Waals surface area (Å²) in [6.07, 6.45) is -2.45. The van der Waals surface area contributed by atoms with Crippen molar-refractivity contribution in [1.29, 1.82) is 0 Å². The molecule has 1 saturated heterocycles. The normalized spacial score (nSPS) is 27.5. The molecule has 22 heteroatoms. The highest BCUT2D eigenvalue weighted by molar-refractivity contribution is 7.66. The summed E-state index contributed by atoms with van der Waals surface area (Å²) in [6, 6.07) is 0. The standard InChI is InChI=1S/C11H18N5O14P3/c1-15-9(18)6-8(14-10(15)12)16(4-13-6)11(19)3-27-5(7(11)17)2-28-32(23,24)30-33(25,26)29-31(20,21)22/h4-5,7,17,19H,2-3H2,1H3,(H2,12,14)(H,23,24)(H,25,26)(H2,20,21,22). The summed E-state index contributed by atoms with van der Waals surface area (Å²) in [4.78, 5) is 55.7. The molecule has 1 aliphatic heterocycles. The minimum absolute atomic E-state index is 0.191. The summed E-state index contributed by atoms with van der Waals surface area (Å²) in [7, 11) is -15.5. The number of fused-ring (bicyclic) bond motifs is 1. The molecule has 0 spiro atoms. The van der Waals surface area contributed by atoms with Crippen molar-refractivity contribution in [2.24, 2.45) is 7.05 Å². The van der Waals surface area contributed by atoms with Crippen LogP contribution < -0.4 is 11.3 Å². The number of ether oxygens (including phenoxy) is 1. The number of hydrogen-bond donors (Lipinski definition) is 7. The van der Waals surface area contributed by atoms with E-state index < -0.39 is 60.2 Å². The lowest BCUT2D eigenvalue weighted by Crippen LogP contribution is -2.47. The van der Waals surface area contributed by atoms with Gasteiger partial charge in [-0.1, -0.05) is 0 Å². The summed E-state index contributed by atoms with van der Waals surface area (Å²) < 4.78 is 52.4. The van der Waals surface area contributed by atoms with Crippen molar-refractivity contribution in [3.05, 3.63) is 16.7 Å². The van der Waals surface area contributed by atoms with Crippen molar-refractivity contribution in [3.8, 4) is 0 Å². The van der Waals surface area contributed by atoms with Crippen LogP contribution in [0, 0.1) is 0 Å². The highest BCUT2D eigenvalue weighted by Crippen LogP contribution is 2.66. The zero-order valence-electron chi connectivity index (χ0n) is 16.3. The van der Waals surface area contributed by atoms with E-state index in [0.717, 1.165) is 15.5 Å². The molecule has 5 unspecified atom stereocenters. The van der Waals surface area contributed by atoms with Gasteiger partial charge in [0.15, 0.2) is 16.9 Å². The summed E-state index contributed by atoms with van der Waals surface area (Å²) in [5, 5.41) is 21.5. The highest BCUT2D eigenvalue weighted by Gasteiger charge is 2.51. The van der Waals surface area contributed by atoms with Gasteiger partial charge >= 0.3 is 23.5 Å². The number of phosphoric ester groups is 1. The maximum absolute atomic E-state index is 12.2. The quantitative estimate of drug-likeness (QED) is 0.171. The Bertz CT molecular complexity index is 1270. The number of phosphoric acid groups is 3. The number of hydrogen-bond acceptors (Lipinski definition) is 13. The van der Waals surface area contributed by atoms with Crippen LogP contribution in [0.25, 0.3) is 11.2 Å². The van der Waals surface area contributed by atoms with Gasteiger partial charge in [-0.15, -0.1) is 0 Å². The van der Waals surface area contributed by atoms with Gasteiger partial charge in [0, 0.05) is 7.05 Å². The molecule has 0 amide bonds. The SMILES string of the molecule is Cn1c(N)nc2c(ncn2C2(O)COC(COP(=O)(O)OP(=O)(O)OP(=O)(O)O)C2O)c1=O. The molecular formula is C11H18N5O14P3. The van der Waals surface area contributed by atoms with E-state index in [1.54, 1.807) is 0 Å². The fourth-order valence-corrected chi connectivity index (χ4v) is 5.89. The Morgan fingerprint density at radius 1 is 1.24 bits per heavy atom. The van der Waals surface area contributed by atoms with Crippen molar-refractivity contribution in [2.75, 3.05) is 18.9 Å². The first-order valence-electron chi connectivity index (χ1n) is 8.46. The third-order valence-electron chi connectivity index (χ3n) is 4.38. The predicted octanol–water partition coefficient (Wildman–Crippen LogP) is -2.54. The Morgan fingerprint density at radius 3 is 2.48 bits per heavy atom. The van der Waals surface area contributed by atoms with Crippen LogP contribution in [-0.4, -0.2) is 74.3 Å². The molecule has 19 nitrogen and oxygen atoms in total. The first-order chi connectivity index (χ1) is 15.0. The Kier molecular flexibility index (Phi) is 6.78. The smallest absolute Gasteiger partial charge is 0.385 e. The number of nitrogens with two attached hydrogens (primary N) is 1. The number of imidazole rings is 1. The fourth-order valence-electron chi connectivity index (χ4n) is 2.86. The van der Waals surface area contributed by atoms with Crippen molar-refractivity contribution >= 4 is 40.6 Å². The summed E-state index contributed by atoms with van der Waals surface area (Å²) in [5.74, 6) is -0.226. The monoisotopic (exact) mass is 537 g/mol. The molecule has 0 bridgehead atoms. The van der Waals surface area contributed by atoms with Crippen LogP contribution in [0.4, 0.5) is 5.95 Å². The zero-order valence-corrected chi connectivity index (χ0v) is 19.0. The van der Waals surface area contributed by atoms with Gasteiger partial charge in [-0.3, -0.25) is 18.5 Å². The van der Waals surface area contributed by atoms with Gasteiger partial charge in [0.1, 0.15) is 12.2 Å². The van der Waals surface area contributed by atoms with Crippen molar-refractivity contribution < 1.29 is 61.4 Å². The van der Waals surface area contributed by atoms with Gasteiger partial charge in [0.25, 0.3) is 5.56 Å². The van der Waals surface area contributed by atoms with Crippen LogP contribution in [0.15, 0.2) is 11.1 Å². The molecule has 5 atom stereocenters. The average Bonchev–Trinajstić information content (AvgIpc) is 3.18. The highest BCUT2D eigenvalue weighted by atomic mass is 31.3. The zero-order chi connectivity index (χ0) is 25.0. The van der Waals surface area contributed by atoms with Crippen LogP contribution in [0.2, 0.25) is 0 Å². The summed E-state index contributed by atoms with van der Waals surface area (Å²) >= 11 is 0. The molecule has 33 heavy (non-hydrogen) atoms. The van der Waals surface area contributed by atoms with Crippen LogP contribution in [0.1, 0.15) is 0 Å². The third kappa shape index (κ3) is 5.41. The molecule has 2 aromatic rings. The van der Waals surface area contributed by atoms with Gasteiger partial charge in [-0.25, -0.2) is 18.7 Å². The number of nitrogens with zero attached hydrogens (tertiary/aromatic N) is 4. The van der Waals surface area contributed by atoms with E-state index in [2.05, 4.69) is 23.1 Å². The molecule has 0 saturated carbocycles. The first kappa shape index (κ1) is 26.1. The Morgan fingerprint density at radius 2 is 1.88 bits per heavy atom. The van der Waals surface area contributed by atoms with E-state index >= 15 is 0 Å². The van der Waals surface area contributed by atoms with Crippen LogP contribution in [0.5, 0.6) is 0 Å². The topological polar surface area (TPSA) is 288 Å². The third-order valence-corrected chi connectivity index (χ3v) is 8.19. The second-order valence-electron chi connectivity index (χ2n) is 6.68. The molecule has 1 fully saturated rings. The largest absolute Gasteiger partial charge is 0.490 e. The van der Waals surface area contributed by atoms with Crippen molar-refractivity contribution in [1.82, 2.24) is 19.1 Å². The Hall–Kier alpha value is -1.56. The number of aliphatic hydroxyl groups excluding tert-OH is 1. The number of aromatic nitrogens is 4. The van der Waals surface area contributed by atoms with E-state index in [4.69, 9.17) is 25.2 Å². The minimum Gasteiger partial charge on any atom is -0.385 e. The molecule has 3 rings (SSSR count). The fraction of sp³-hybridized carbons (Fsp3) is 0.545. The van der Waals surface area contributed by atoms with E-state index in [9.17, 15) is 33.6 Å². The van der Waals surface area contributed by atoms with Gasteiger partial charge in [0.2, 0.25) is 5.95 Å². The molecule has 0 aliphatic carbocycles. The maximum atomic E-state index is 12.2. The van der Waals surface area contributed by atoms with E-state index in [-0.39, 0.29) is 17.1 Å². The molecule has 0 radical (unpaired) electrons. The van der Waals surface area contributed by atoms with Crippen LogP contribution in [0.3, 0.4) is 0 Å². The number of anilines is 1. The molecule has 1 aliphatic rings. The number of aliphatic hydroxyl groups is 2. The summed E-state index contributed by atoms with van der Waals surface area (Å²) in [5.41, 5.74) is 2.31. The number of nitrogen functional groups attached to an aromatic ring is 1. The lowest BCUT2D eigenvalue weighted by atomic mass is 10.1. The number of rotatable bonds is 8. The van der Waals surface area contributed by atoms with Gasteiger partial charge < -0.3 is 40.3 Å². The second-order valence-corrected chi connectivity index (χ2v) is 11.1. The van der Waals surface area contributed by atoms with Crippen LogP contribution >= 0.6 is 23.5 Å². The molecule has 0 aromatic carbocycles. The maximum Gasteiger partial charge on any atom is 0.490 e. The minimum atomic E-state index is -5.74. The Labute approximate surface area is 182 Å². The molecule has 3 heterocycles. The van der Waals surface area contributed by atoms with E-state index in [1.165, 1.54) is 7.05 Å². The molecule has 2 aromatic heterocycles. The molecular weight excluding hydrogens is 519 g/mol. The lowest BCUT2D eigenvalue weighted by molar-refractivity contribution is -0.109. The van der Waals surface area contributed by atoms with Gasteiger partial charge in [0.05, 0.1) is 19.5 Å². The summed E-state index contributed by atoms with van der Waals surface area (Å²) in [6.45, 7) is -1.67. The Balaban J connectivity index is 1.76. The molecule has 8 N–H and O–H groups in total. The lowest BCUT2D eigenvalue weighted by Gasteiger charge is -2.28. The average molecular weight is 537 g/mol. The van der Waals surface area contributed by atoms with Crippen molar-refractivity contribution in [3.63, 3.8) is 0 Å². The van der Waals surface area contributed by atoms with Gasteiger partial charge in [-0.2, -0.15) is 13.6 Å². The van der Waals surface area contributed by atoms with Crippen LogP contribution in [-0.2, 0) is 44.3 Å².